The molecule has 0 saturated carbocycles. The van der Waals surface area contributed by atoms with E-state index in [9.17, 15) is 24.3 Å². The lowest BCUT2D eigenvalue weighted by Crippen LogP contribution is -2.59. The van der Waals surface area contributed by atoms with E-state index in [1.165, 1.54) is 4.90 Å². The summed E-state index contributed by atoms with van der Waals surface area (Å²) in [5.74, 6) is -3.64. The van der Waals surface area contributed by atoms with Crippen molar-refractivity contribution < 1.29 is 33.8 Å². The predicted octanol–water partition coefficient (Wildman–Crippen LogP) is 5.05. The highest BCUT2D eigenvalue weighted by Crippen LogP contribution is 2.61. The fraction of sp³-hybridized carbons (Fsp3) is 0.487. The van der Waals surface area contributed by atoms with Gasteiger partial charge in [-0.1, -0.05) is 76.6 Å². The Morgan fingerprint density at radius 3 is 2.36 bits per heavy atom. The number of likely N-dealkylation sites (N-methyl/N-ethyl adjacent to an activating group) is 1. The van der Waals surface area contributed by atoms with Crippen LogP contribution in [-0.4, -0.2) is 93.5 Å². The molecule has 268 valence electrons. The third kappa shape index (κ3) is 6.44. The van der Waals surface area contributed by atoms with E-state index < -0.39 is 59.6 Å². The Hall–Kier alpha value is -3.80. The van der Waals surface area contributed by atoms with E-state index in [2.05, 4.69) is 29.1 Å². The molecule has 1 N–H and O–H groups in total. The topological polar surface area (TPSA) is 117 Å². The van der Waals surface area contributed by atoms with Crippen LogP contribution in [0, 0.1) is 25.7 Å². The van der Waals surface area contributed by atoms with Crippen molar-refractivity contribution in [1.29, 1.82) is 0 Å². The largest absolute Gasteiger partial charge is 0.455 e. The number of rotatable bonds is 14. The first-order valence-corrected chi connectivity index (χ1v) is 18.1. The van der Waals surface area contributed by atoms with Crippen molar-refractivity contribution in [3.8, 4) is 0 Å². The summed E-state index contributed by atoms with van der Waals surface area (Å²) in [4.78, 5) is 61.4. The standard InChI is InChI=1S/C39H48BrN3O7/c1-8-10-19-29(45)41(7)26(6)33(27-17-12-11-13-18-27)49-38(48)30-31-36(46)43(25(5)22-44)35(39(31)21-28(40)34(30)50-39)37(47)42(20-9-2)32-23(3)15-14-16-24(32)4/h8-9,11-18,25-26,28,30-31,33-35,44H,1-2,10,19-22H2,3-7H3/t25-,26-,28?,30-,31+,33+,34-,35-,39+/m1/s1. The Kier molecular flexibility index (Phi) is 11.4. The van der Waals surface area contributed by atoms with Crippen LogP contribution >= 0.6 is 15.9 Å². The lowest BCUT2D eigenvalue weighted by Gasteiger charge is -2.39. The van der Waals surface area contributed by atoms with Gasteiger partial charge in [0.25, 0.3) is 5.91 Å². The Morgan fingerprint density at radius 2 is 1.76 bits per heavy atom. The molecule has 10 nitrogen and oxygen atoms in total. The number of benzene rings is 2. The summed E-state index contributed by atoms with van der Waals surface area (Å²) >= 11 is 3.73. The maximum Gasteiger partial charge on any atom is 0.313 e. The molecule has 5 rings (SSSR count). The number of aryl methyl sites for hydroxylation is 2. The van der Waals surface area contributed by atoms with E-state index in [0.717, 1.165) is 11.1 Å². The second kappa shape index (κ2) is 15.2. The van der Waals surface area contributed by atoms with Crippen LogP contribution in [0.15, 0.2) is 73.8 Å². The van der Waals surface area contributed by atoms with Gasteiger partial charge in [-0.25, -0.2) is 0 Å². The molecular weight excluding hydrogens is 702 g/mol. The van der Waals surface area contributed by atoms with E-state index in [4.69, 9.17) is 9.47 Å². The minimum Gasteiger partial charge on any atom is -0.455 e. The molecule has 0 radical (unpaired) electrons. The van der Waals surface area contributed by atoms with Crippen LogP contribution in [0.3, 0.4) is 0 Å². The molecule has 0 aliphatic carbocycles. The molecule has 2 aromatic carbocycles. The maximum atomic E-state index is 14.9. The minimum absolute atomic E-state index is 0.119. The van der Waals surface area contributed by atoms with Gasteiger partial charge in [0.2, 0.25) is 11.8 Å². The zero-order valence-electron chi connectivity index (χ0n) is 29.5. The van der Waals surface area contributed by atoms with Gasteiger partial charge in [-0.2, -0.15) is 0 Å². The minimum atomic E-state index is -1.36. The third-order valence-corrected chi connectivity index (χ3v) is 11.5. The second-order valence-electron chi connectivity index (χ2n) is 13.8. The van der Waals surface area contributed by atoms with Gasteiger partial charge < -0.3 is 29.3 Å². The summed E-state index contributed by atoms with van der Waals surface area (Å²) < 4.78 is 13.1. The van der Waals surface area contributed by atoms with Crippen LogP contribution in [0.25, 0.3) is 0 Å². The first-order chi connectivity index (χ1) is 23.8. The number of hydrogen-bond acceptors (Lipinski definition) is 7. The van der Waals surface area contributed by atoms with Crippen molar-refractivity contribution >= 4 is 45.3 Å². The Morgan fingerprint density at radius 1 is 1.10 bits per heavy atom. The van der Waals surface area contributed by atoms with Gasteiger partial charge in [0, 0.05) is 30.5 Å². The van der Waals surface area contributed by atoms with E-state index in [1.54, 1.807) is 35.9 Å². The molecule has 3 heterocycles. The van der Waals surface area contributed by atoms with Gasteiger partial charge in [0.1, 0.15) is 17.7 Å². The molecule has 3 amide bonds. The summed E-state index contributed by atoms with van der Waals surface area (Å²) in [5.41, 5.74) is 1.81. The number of carbonyl (C=O) groups is 4. The van der Waals surface area contributed by atoms with Gasteiger partial charge in [0.05, 0.1) is 36.6 Å². The number of fused-ring (bicyclic) bond motifs is 1. The number of alkyl halides is 1. The lowest BCUT2D eigenvalue weighted by molar-refractivity contribution is -0.165. The average Bonchev–Trinajstić information content (AvgIpc) is 3.71. The molecule has 1 unspecified atom stereocenters. The van der Waals surface area contributed by atoms with E-state index in [0.29, 0.717) is 24.1 Å². The Bertz CT molecular complexity index is 1610. The molecule has 50 heavy (non-hydrogen) atoms. The van der Waals surface area contributed by atoms with Gasteiger partial charge >= 0.3 is 5.97 Å². The lowest BCUT2D eigenvalue weighted by atomic mass is 9.70. The number of likely N-dealkylation sites (tertiary alicyclic amines) is 1. The number of ether oxygens (including phenoxy) is 2. The van der Waals surface area contributed by atoms with Gasteiger partial charge in [-0.3, -0.25) is 19.2 Å². The van der Waals surface area contributed by atoms with E-state index in [1.807, 2.05) is 69.3 Å². The molecule has 3 saturated heterocycles. The molecule has 3 fully saturated rings. The van der Waals surface area contributed by atoms with Crippen LogP contribution < -0.4 is 4.90 Å². The summed E-state index contributed by atoms with van der Waals surface area (Å²) in [6.45, 7) is 14.8. The first-order valence-electron chi connectivity index (χ1n) is 17.2. The molecule has 3 aliphatic heterocycles. The monoisotopic (exact) mass is 749 g/mol. The van der Waals surface area contributed by atoms with Gasteiger partial charge in [-0.15, -0.1) is 13.2 Å². The molecule has 9 atom stereocenters. The predicted molar refractivity (Wildman–Crippen MR) is 195 cm³/mol. The van der Waals surface area contributed by atoms with Crippen molar-refractivity contribution in [3.05, 3.63) is 90.5 Å². The summed E-state index contributed by atoms with van der Waals surface area (Å²) in [7, 11) is 1.68. The van der Waals surface area contributed by atoms with Crippen LogP contribution in [0.2, 0.25) is 0 Å². The van der Waals surface area contributed by atoms with Crippen LogP contribution in [-0.2, 0) is 28.7 Å². The highest BCUT2D eigenvalue weighted by atomic mass is 79.9. The zero-order valence-corrected chi connectivity index (χ0v) is 31.0. The number of para-hydroxylation sites is 1. The van der Waals surface area contributed by atoms with Crippen molar-refractivity contribution in [2.75, 3.05) is 25.1 Å². The van der Waals surface area contributed by atoms with E-state index in [-0.39, 0.29) is 36.2 Å². The molecule has 11 heteroatoms. The molecule has 3 aliphatic rings. The van der Waals surface area contributed by atoms with E-state index >= 15 is 0 Å². The number of carbonyl (C=O) groups excluding carboxylic acids is 4. The van der Waals surface area contributed by atoms with Crippen LogP contribution in [0.1, 0.15) is 55.9 Å². The number of esters is 1. The number of aliphatic hydroxyl groups is 1. The van der Waals surface area contributed by atoms with Gasteiger partial charge in [-0.05, 0) is 57.2 Å². The quantitative estimate of drug-likeness (QED) is 0.163. The smallest absolute Gasteiger partial charge is 0.313 e. The molecule has 2 aromatic rings. The normalized spacial score (nSPS) is 26.9. The number of nitrogens with zero attached hydrogens (tertiary/aromatic N) is 3. The van der Waals surface area contributed by atoms with Crippen molar-refractivity contribution in [1.82, 2.24) is 9.80 Å². The third-order valence-electron chi connectivity index (χ3n) is 10.6. The first kappa shape index (κ1) is 37.5. The Labute approximate surface area is 303 Å². The van der Waals surface area contributed by atoms with Gasteiger partial charge in [0.15, 0.2) is 0 Å². The molecule has 1 spiro atoms. The van der Waals surface area contributed by atoms with Crippen LogP contribution in [0.4, 0.5) is 5.69 Å². The number of halogens is 1. The second-order valence-corrected chi connectivity index (χ2v) is 14.9. The highest BCUT2D eigenvalue weighted by Gasteiger charge is 2.77. The Balaban J connectivity index is 1.54. The number of hydrogen-bond donors (Lipinski definition) is 1. The number of amides is 3. The molecule has 0 aromatic heterocycles. The molecule has 2 bridgehead atoms. The fourth-order valence-electron chi connectivity index (χ4n) is 8.10. The van der Waals surface area contributed by atoms with Crippen LogP contribution in [0.5, 0.6) is 0 Å². The summed E-state index contributed by atoms with van der Waals surface area (Å²) in [5, 5.41) is 10.4. The molecular formula is C39H48BrN3O7. The SMILES string of the molecule is C=CCCC(=O)N(C)[C@H](C)[C@H](OC(=O)[C@H]1[C@@H]2O[C@@]3(CC2Br)[C@@H]1C(=O)N([C@H](C)CO)[C@@H]3C(=O)N(CC=C)c1c(C)cccc1C)c1ccccc1. The average molecular weight is 751 g/mol. The number of allylic oxidation sites excluding steroid dienone is 1. The number of anilines is 1. The van der Waals surface area contributed by atoms with Crippen molar-refractivity contribution in [2.24, 2.45) is 11.8 Å². The van der Waals surface area contributed by atoms with Crippen molar-refractivity contribution in [3.63, 3.8) is 0 Å². The van der Waals surface area contributed by atoms with Crippen molar-refractivity contribution in [2.45, 2.75) is 87.7 Å². The maximum absolute atomic E-state index is 14.9. The number of aliphatic hydroxyl groups excluding tert-OH is 1. The zero-order chi connectivity index (χ0) is 36.5. The fourth-order valence-corrected chi connectivity index (χ4v) is 9.04. The summed E-state index contributed by atoms with van der Waals surface area (Å²) in [6.07, 6.45) is 2.81. The summed E-state index contributed by atoms with van der Waals surface area (Å²) in [6, 6.07) is 12.6. The highest BCUT2D eigenvalue weighted by molar-refractivity contribution is 9.09.